The maximum Gasteiger partial charge on any atom is 0.253 e. The zero-order valence-corrected chi connectivity index (χ0v) is 10.2. The Hall–Kier alpha value is -1.19. The van der Waals surface area contributed by atoms with Gasteiger partial charge in [-0.25, -0.2) is 0 Å². The topological polar surface area (TPSA) is 38.3 Å². The third kappa shape index (κ3) is 2.90. The average Bonchev–Trinajstić information content (AvgIpc) is 2.28. The van der Waals surface area contributed by atoms with Gasteiger partial charge in [0, 0.05) is 12.6 Å². The van der Waals surface area contributed by atoms with Crippen molar-refractivity contribution in [2.75, 3.05) is 13.7 Å². The third-order valence-electron chi connectivity index (χ3n) is 1.89. The number of amides is 1. The summed E-state index contributed by atoms with van der Waals surface area (Å²) in [4.78, 5) is 11.6. The van der Waals surface area contributed by atoms with Gasteiger partial charge in [0.05, 0.1) is 22.7 Å². The number of rotatable bonds is 4. The smallest absolute Gasteiger partial charge is 0.253 e. The highest BCUT2D eigenvalue weighted by atomic mass is 35.5. The summed E-state index contributed by atoms with van der Waals surface area (Å²) in [7, 11) is 1.48. The monoisotopic (exact) mass is 259 g/mol. The Labute approximate surface area is 104 Å². The standard InChI is InChI=1S/C11H11Cl2NO2/c1-3-4-14-11(15)7-5-9(13)10(16-2)6-8(7)12/h3,5-6H,1,4H2,2H3,(H,14,15). The van der Waals surface area contributed by atoms with Gasteiger partial charge in [0.15, 0.2) is 0 Å². The van der Waals surface area contributed by atoms with Crippen LogP contribution in [-0.2, 0) is 0 Å². The summed E-state index contributed by atoms with van der Waals surface area (Å²) in [6.45, 7) is 3.87. The summed E-state index contributed by atoms with van der Waals surface area (Å²) in [6.07, 6.45) is 1.58. The molecular formula is C11H11Cl2NO2. The molecule has 0 radical (unpaired) electrons. The molecule has 0 fully saturated rings. The molecule has 1 aromatic carbocycles. The highest BCUT2D eigenvalue weighted by Gasteiger charge is 2.13. The first-order chi connectivity index (χ1) is 7.60. The van der Waals surface area contributed by atoms with Gasteiger partial charge < -0.3 is 10.1 Å². The van der Waals surface area contributed by atoms with E-state index in [1.807, 2.05) is 0 Å². The van der Waals surface area contributed by atoms with E-state index in [9.17, 15) is 4.79 Å². The molecule has 1 amide bonds. The molecule has 5 heteroatoms. The van der Waals surface area contributed by atoms with Gasteiger partial charge in [0.2, 0.25) is 0 Å². The molecule has 0 unspecified atom stereocenters. The van der Waals surface area contributed by atoms with E-state index in [2.05, 4.69) is 11.9 Å². The van der Waals surface area contributed by atoms with Crippen molar-refractivity contribution in [2.45, 2.75) is 0 Å². The first-order valence-electron chi connectivity index (χ1n) is 4.52. The van der Waals surface area contributed by atoms with E-state index in [0.29, 0.717) is 27.9 Å². The summed E-state index contributed by atoms with van der Waals surface area (Å²) >= 11 is 11.8. The molecule has 0 saturated carbocycles. The van der Waals surface area contributed by atoms with Crippen molar-refractivity contribution in [1.82, 2.24) is 5.32 Å². The second-order valence-corrected chi connectivity index (χ2v) is 3.78. The zero-order chi connectivity index (χ0) is 12.1. The van der Waals surface area contributed by atoms with Crippen LogP contribution in [0, 0.1) is 0 Å². The van der Waals surface area contributed by atoms with Crippen molar-refractivity contribution >= 4 is 29.1 Å². The van der Waals surface area contributed by atoms with Crippen LogP contribution in [-0.4, -0.2) is 19.6 Å². The summed E-state index contributed by atoms with van der Waals surface area (Å²) in [5.41, 5.74) is 0.314. The fraction of sp³-hybridized carbons (Fsp3) is 0.182. The van der Waals surface area contributed by atoms with E-state index in [4.69, 9.17) is 27.9 Å². The van der Waals surface area contributed by atoms with Gasteiger partial charge in [0.1, 0.15) is 5.75 Å². The first-order valence-corrected chi connectivity index (χ1v) is 5.28. The molecule has 0 aromatic heterocycles. The highest BCUT2D eigenvalue weighted by molar-refractivity contribution is 6.36. The Bertz CT molecular complexity index is 419. The van der Waals surface area contributed by atoms with Crippen LogP contribution >= 0.6 is 23.2 Å². The molecule has 0 bridgehead atoms. The number of carbonyl (C=O) groups is 1. The molecule has 3 nitrogen and oxygen atoms in total. The number of halogens is 2. The molecule has 0 aliphatic rings. The van der Waals surface area contributed by atoms with Crippen molar-refractivity contribution < 1.29 is 9.53 Å². The summed E-state index contributed by atoms with van der Waals surface area (Å²) in [5.74, 6) is 0.140. The maximum absolute atomic E-state index is 11.6. The number of hydrogen-bond donors (Lipinski definition) is 1. The van der Waals surface area contributed by atoms with Crippen LogP contribution in [0.2, 0.25) is 10.0 Å². The van der Waals surface area contributed by atoms with Gasteiger partial charge in [-0.1, -0.05) is 29.3 Å². The van der Waals surface area contributed by atoms with E-state index in [1.54, 1.807) is 6.08 Å². The minimum absolute atomic E-state index is 0.294. The average molecular weight is 260 g/mol. The molecular weight excluding hydrogens is 249 g/mol. The van der Waals surface area contributed by atoms with Gasteiger partial charge in [-0.05, 0) is 6.07 Å². The van der Waals surface area contributed by atoms with Gasteiger partial charge in [-0.2, -0.15) is 0 Å². The fourth-order valence-electron chi connectivity index (χ4n) is 1.12. The number of hydrogen-bond acceptors (Lipinski definition) is 2. The molecule has 1 rings (SSSR count). The van der Waals surface area contributed by atoms with Gasteiger partial charge >= 0.3 is 0 Å². The predicted molar refractivity (Wildman–Crippen MR) is 65.5 cm³/mol. The molecule has 1 N–H and O–H groups in total. The second kappa shape index (κ2) is 5.77. The largest absolute Gasteiger partial charge is 0.495 e. The van der Waals surface area contributed by atoms with Crippen LogP contribution in [0.3, 0.4) is 0 Å². The van der Waals surface area contributed by atoms with Gasteiger partial charge in [-0.15, -0.1) is 6.58 Å². The molecule has 0 aliphatic carbocycles. The molecule has 0 saturated heterocycles. The van der Waals surface area contributed by atoms with E-state index < -0.39 is 0 Å². The highest BCUT2D eigenvalue weighted by Crippen LogP contribution is 2.30. The quantitative estimate of drug-likeness (QED) is 0.845. The van der Waals surface area contributed by atoms with Crippen molar-refractivity contribution in [3.05, 3.63) is 40.4 Å². The number of methoxy groups -OCH3 is 1. The van der Waals surface area contributed by atoms with Crippen LogP contribution in [0.4, 0.5) is 0 Å². The van der Waals surface area contributed by atoms with Gasteiger partial charge in [0.25, 0.3) is 5.91 Å². The predicted octanol–water partition coefficient (Wildman–Crippen LogP) is 2.92. The van der Waals surface area contributed by atoms with Crippen molar-refractivity contribution in [2.24, 2.45) is 0 Å². The van der Waals surface area contributed by atoms with E-state index >= 15 is 0 Å². The van der Waals surface area contributed by atoms with Crippen LogP contribution in [0.15, 0.2) is 24.8 Å². The van der Waals surface area contributed by atoms with Crippen molar-refractivity contribution in [3.63, 3.8) is 0 Å². The number of ether oxygens (including phenoxy) is 1. The minimum atomic E-state index is -0.297. The second-order valence-electron chi connectivity index (χ2n) is 2.97. The summed E-state index contributed by atoms with van der Waals surface area (Å²) < 4.78 is 4.98. The summed E-state index contributed by atoms with van der Waals surface area (Å²) in [6, 6.07) is 2.98. The van der Waals surface area contributed by atoms with Crippen LogP contribution in [0.1, 0.15) is 10.4 Å². The zero-order valence-electron chi connectivity index (χ0n) is 8.72. The Morgan fingerprint density at radius 2 is 2.19 bits per heavy atom. The first kappa shape index (κ1) is 12.9. The molecule has 16 heavy (non-hydrogen) atoms. The lowest BCUT2D eigenvalue weighted by Crippen LogP contribution is -2.23. The fourth-order valence-corrected chi connectivity index (χ4v) is 1.60. The maximum atomic E-state index is 11.6. The molecule has 0 atom stereocenters. The lowest BCUT2D eigenvalue weighted by Gasteiger charge is -2.08. The number of carbonyl (C=O) groups excluding carboxylic acids is 1. The van der Waals surface area contributed by atoms with E-state index in [0.717, 1.165) is 0 Å². The van der Waals surface area contributed by atoms with Crippen LogP contribution in [0.25, 0.3) is 0 Å². The Kier molecular flexibility index (Phi) is 4.65. The minimum Gasteiger partial charge on any atom is -0.495 e. The van der Waals surface area contributed by atoms with Crippen LogP contribution in [0.5, 0.6) is 5.75 Å². The third-order valence-corrected chi connectivity index (χ3v) is 2.50. The molecule has 0 heterocycles. The number of nitrogens with one attached hydrogen (secondary N) is 1. The van der Waals surface area contributed by atoms with Crippen LogP contribution < -0.4 is 10.1 Å². The lowest BCUT2D eigenvalue weighted by atomic mass is 10.2. The van der Waals surface area contributed by atoms with E-state index in [-0.39, 0.29) is 5.91 Å². The molecule has 86 valence electrons. The van der Waals surface area contributed by atoms with Crippen molar-refractivity contribution in [3.8, 4) is 5.75 Å². The Morgan fingerprint density at radius 1 is 1.50 bits per heavy atom. The molecule has 0 aliphatic heterocycles. The van der Waals surface area contributed by atoms with E-state index in [1.165, 1.54) is 19.2 Å². The molecule has 0 spiro atoms. The summed E-state index contributed by atoms with van der Waals surface area (Å²) in [5, 5.41) is 3.25. The normalized spacial score (nSPS) is 9.69. The molecule has 1 aromatic rings. The Balaban J connectivity index is 3.01. The lowest BCUT2D eigenvalue weighted by molar-refractivity contribution is 0.0958. The van der Waals surface area contributed by atoms with Gasteiger partial charge in [-0.3, -0.25) is 4.79 Å². The SMILES string of the molecule is C=CCNC(=O)c1cc(Cl)c(OC)cc1Cl. The van der Waals surface area contributed by atoms with Crippen molar-refractivity contribution in [1.29, 1.82) is 0 Å². The Morgan fingerprint density at radius 3 is 2.75 bits per heavy atom. The number of benzene rings is 1.